The van der Waals surface area contributed by atoms with E-state index in [4.69, 9.17) is 18.9 Å². The Bertz CT molecular complexity index is 234. The summed E-state index contributed by atoms with van der Waals surface area (Å²) < 4.78 is 22.5. The predicted octanol–water partition coefficient (Wildman–Crippen LogP) is 3.65. The summed E-state index contributed by atoms with van der Waals surface area (Å²) >= 11 is 0. The molecule has 0 unspecified atom stereocenters. The van der Waals surface area contributed by atoms with Crippen molar-refractivity contribution in [3.8, 4) is 0 Å². The summed E-state index contributed by atoms with van der Waals surface area (Å²) in [6.07, 6.45) is 5.80. The standard InChI is InChI=1S/C16H32O5.Ti/c1-5-8-11-19-16(14-18-15(4)17,20-12-9-6-2)21-13-10-7-3;/h5-14H2,1-4H3;. The molecule has 130 valence electrons. The van der Waals surface area contributed by atoms with Crippen LogP contribution < -0.4 is 0 Å². The van der Waals surface area contributed by atoms with E-state index in [2.05, 4.69) is 20.8 Å². The number of unbranched alkanes of at least 4 members (excludes halogenated alkanes) is 3. The van der Waals surface area contributed by atoms with Gasteiger partial charge in [-0.15, -0.1) is 0 Å². The minimum atomic E-state index is -1.26. The number of rotatable bonds is 14. The molecule has 0 aromatic heterocycles. The van der Waals surface area contributed by atoms with Crippen LogP contribution in [0.5, 0.6) is 0 Å². The van der Waals surface area contributed by atoms with Crippen LogP contribution in [-0.2, 0) is 45.5 Å². The molecule has 0 spiro atoms. The molecule has 0 bridgehead atoms. The van der Waals surface area contributed by atoms with E-state index in [0.717, 1.165) is 38.5 Å². The average Bonchev–Trinajstić information content (AvgIpc) is 2.46. The summed E-state index contributed by atoms with van der Waals surface area (Å²) in [6, 6.07) is 0. The van der Waals surface area contributed by atoms with Gasteiger partial charge in [0.2, 0.25) is 0 Å². The summed E-state index contributed by atoms with van der Waals surface area (Å²) in [5, 5.41) is 0. The number of hydrogen-bond donors (Lipinski definition) is 0. The molecule has 0 saturated carbocycles. The fourth-order valence-corrected chi connectivity index (χ4v) is 1.56. The van der Waals surface area contributed by atoms with E-state index in [1.165, 1.54) is 6.92 Å². The van der Waals surface area contributed by atoms with Crippen molar-refractivity contribution in [2.24, 2.45) is 0 Å². The first-order valence-corrected chi connectivity index (χ1v) is 8.15. The number of carbonyl (C=O) groups excluding carboxylic acids is 1. The Kier molecular flexibility index (Phi) is 17.6. The maximum absolute atomic E-state index is 11.1. The molecule has 6 heteroatoms. The SMILES string of the molecule is CCCCOC(COC(C)=O)(OCCCC)OCCCC.[Ti]. The van der Waals surface area contributed by atoms with E-state index in [1.54, 1.807) is 0 Å². The van der Waals surface area contributed by atoms with Gasteiger partial charge in [-0.25, -0.2) is 0 Å². The number of ether oxygens (including phenoxy) is 4. The minimum absolute atomic E-state index is 0. The molecule has 0 aliphatic rings. The summed E-state index contributed by atoms with van der Waals surface area (Å²) in [4.78, 5) is 11.1. The van der Waals surface area contributed by atoms with Crippen LogP contribution in [0.4, 0.5) is 0 Å². The van der Waals surface area contributed by atoms with Crippen molar-refractivity contribution in [1.82, 2.24) is 0 Å². The zero-order valence-corrected chi connectivity index (χ0v) is 16.2. The third kappa shape index (κ3) is 12.6. The minimum Gasteiger partial charge on any atom is -0.457 e. The van der Waals surface area contributed by atoms with Gasteiger partial charge in [0.25, 0.3) is 0 Å². The van der Waals surface area contributed by atoms with Crippen molar-refractivity contribution < 1.29 is 45.5 Å². The third-order valence-corrected chi connectivity index (χ3v) is 2.91. The number of esters is 1. The number of hydrogen-bond acceptors (Lipinski definition) is 5. The van der Waals surface area contributed by atoms with Gasteiger partial charge in [-0.05, 0) is 19.3 Å². The van der Waals surface area contributed by atoms with Gasteiger partial charge in [0, 0.05) is 28.6 Å². The van der Waals surface area contributed by atoms with Crippen molar-refractivity contribution in [2.45, 2.75) is 72.2 Å². The van der Waals surface area contributed by atoms with Crippen LogP contribution in [0, 0.1) is 0 Å². The average molecular weight is 352 g/mol. The van der Waals surface area contributed by atoms with Crippen LogP contribution in [0.15, 0.2) is 0 Å². The predicted molar refractivity (Wildman–Crippen MR) is 81.9 cm³/mol. The Morgan fingerprint density at radius 1 is 0.818 bits per heavy atom. The largest absolute Gasteiger partial charge is 0.457 e. The van der Waals surface area contributed by atoms with Crippen LogP contribution in [0.25, 0.3) is 0 Å². The van der Waals surface area contributed by atoms with Crippen molar-refractivity contribution in [3.63, 3.8) is 0 Å². The van der Waals surface area contributed by atoms with Crippen LogP contribution in [0.1, 0.15) is 66.2 Å². The maximum atomic E-state index is 11.1. The normalized spacial score (nSPS) is 11.1. The van der Waals surface area contributed by atoms with Gasteiger partial charge in [-0.3, -0.25) is 4.79 Å². The van der Waals surface area contributed by atoms with E-state index in [9.17, 15) is 4.79 Å². The molecule has 0 amide bonds. The van der Waals surface area contributed by atoms with Gasteiger partial charge < -0.3 is 18.9 Å². The zero-order chi connectivity index (χ0) is 16.0. The quantitative estimate of drug-likeness (QED) is 0.207. The molecule has 0 radical (unpaired) electrons. The van der Waals surface area contributed by atoms with Crippen molar-refractivity contribution in [1.29, 1.82) is 0 Å². The molecule has 0 fully saturated rings. The van der Waals surface area contributed by atoms with Crippen LogP contribution in [-0.4, -0.2) is 38.4 Å². The zero-order valence-electron chi connectivity index (χ0n) is 14.6. The van der Waals surface area contributed by atoms with Crippen LogP contribution >= 0.6 is 0 Å². The first-order chi connectivity index (χ1) is 10.1. The van der Waals surface area contributed by atoms with Gasteiger partial charge in [-0.1, -0.05) is 40.0 Å². The van der Waals surface area contributed by atoms with E-state index in [1.807, 2.05) is 0 Å². The second-order valence-electron chi connectivity index (χ2n) is 5.07. The van der Waals surface area contributed by atoms with Gasteiger partial charge in [-0.2, -0.15) is 0 Å². The molecule has 0 aromatic rings. The van der Waals surface area contributed by atoms with E-state index in [-0.39, 0.29) is 34.3 Å². The Morgan fingerprint density at radius 2 is 1.18 bits per heavy atom. The molecule has 22 heavy (non-hydrogen) atoms. The van der Waals surface area contributed by atoms with Crippen molar-refractivity contribution >= 4 is 5.97 Å². The molecule has 5 nitrogen and oxygen atoms in total. The van der Waals surface area contributed by atoms with Crippen LogP contribution in [0.2, 0.25) is 0 Å². The molecular formula is C16H32O5Ti. The molecule has 0 heterocycles. The molecule has 0 saturated heterocycles. The Labute approximate surface area is 150 Å². The van der Waals surface area contributed by atoms with Crippen molar-refractivity contribution in [2.75, 3.05) is 26.4 Å². The van der Waals surface area contributed by atoms with E-state index in [0.29, 0.717) is 19.8 Å². The summed E-state index contributed by atoms with van der Waals surface area (Å²) in [7, 11) is 0. The fraction of sp³-hybridized carbons (Fsp3) is 0.938. The number of carbonyl (C=O) groups is 1. The molecule has 0 aromatic carbocycles. The Hall–Kier alpha value is 0.0643. The van der Waals surface area contributed by atoms with Crippen LogP contribution in [0.3, 0.4) is 0 Å². The molecular weight excluding hydrogens is 320 g/mol. The second-order valence-corrected chi connectivity index (χ2v) is 5.07. The molecule has 0 atom stereocenters. The summed E-state index contributed by atoms with van der Waals surface area (Å²) in [5.74, 6) is -1.62. The van der Waals surface area contributed by atoms with E-state index >= 15 is 0 Å². The monoisotopic (exact) mass is 352 g/mol. The molecule has 0 rings (SSSR count). The van der Waals surface area contributed by atoms with Gasteiger partial charge in [0.05, 0.1) is 19.8 Å². The van der Waals surface area contributed by atoms with Gasteiger partial charge in [0.1, 0.15) is 0 Å². The third-order valence-electron chi connectivity index (χ3n) is 2.91. The Morgan fingerprint density at radius 3 is 1.45 bits per heavy atom. The molecule has 0 aliphatic carbocycles. The summed E-state index contributed by atoms with van der Waals surface area (Å²) in [6.45, 7) is 9.18. The topological polar surface area (TPSA) is 54.0 Å². The van der Waals surface area contributed by atoms with E-state index < -0.39 is 5.97 Å². The van der Waals surface area contributed by atoms with Gasteiger partial charge in [0.15, 0.2) is 6.61 Å². The van der Waals surface area contributed by atoms with Crippen molar-refractivity contribution in [3.05, 3.63) is 0 Å². The van der Waals surface area contributed by atoms with Gasteiger partial charge >= 0.3 is 11.9 Å². The molecule has 0 N–H and O–H groups in total. The smallest absolute Gasteiger partial charge is 0.319 e. The first kappa shape index (κ1) is 24.3. The molecule has 0 aliphatic heterocycles. The Balaban J connectivity index is 0. The first-order valence-electron chi connectivity index (χ1n) is 8.15. The summed E-state index contributed by atoms with van der Waals surface area (Å²) in [5.41, 5.74) is 0. The fourth-order valence-electron chi connectivity index (χ4n) is 1.56. The second kappa shape index (κ2) is 15.9. The maximum Gasteiger partial charge on any atom is 0.319 e.